The largest absolute Gasteiger partial charge is 0.506 e. The second kappa shape index (κ2) is 8.69. The van der Waals surface area contributed by atoms with Gasteiger partial charge in [-0.3, -0.25) is 9.59 Å². The normalized spacial score (nSPS) is 12.1. The number of rotatable bonds is 7. The zero-order valence-electron chi connectivity index (χ0n) is 15.5. The lowest BCUT2D eigenvalue weighted by atomic mass is 10.0. The van der Waals surface area contributed by atoms with Crippen LogP contribution in [0.1, 0.15) is 24.1 Å². The number of phenols is 1. The fourth-order valence-corrected chi connectivity index (χ4v) is 3.18. The molecule has 7 heteroatoms. The highest BCUT2D eigenvalue weighted by atomic mass is 16.3. The minimum absolute atomic E-state index is 0.00704. The van der Waals surface area contributed by atoms with E-state index in [-0.39, 0.29) is 29.9 Å². The second-order valence-corrected chi connectivity index (χ2v) is 6.60. The Kier molecular flexibility index (Phi) is 6.08. The highest BCUT2D eigenvalue weighted by molar-refractivity contribution is 5.88. The van der Waals surface area contributed by atoms with E-state index in [1.165, 1.54) is 19.1 Å². The summed E-state index contributed by atoms with van der Waals surface area (Å²) < 4.78 is 0. The number of hydrogen-bond donors (Lipinski definition) is 5. The van der Waals surface area contributed by atoms with Gasteiger partial charge < -0.3 is 25.8 Å². The summed E-state index contributed by atoms with van der Waals surface area (Å²) >= 11 is 0. The molecule has 0 spiro atoms. The van der Waals surface area contributed by atoms with E-state index in [1.807, 2.05) is 24.3 Å². The third kappa shape index (κ3) is 4.57. The number of aromatic amines is 1. The van der Waals surface area contributed by atoms with Gasteiger partial charge in [0.1, 0.15) is 5.75 Å². The quantitative estimate of drug-likeness (QED) is 0.430. The van der Waals surface area contributed by atoms with Gasteiger partial charge in [0.05, 0.1) is 18.2 Å². The zero-order chi connectivity index (χ0) is 20.1. The minimum atomic E-state index is -0.340. The summed E-state index contributed by atoms with van der Waals surface area (Å²) in [5, 5.41) is 26.6. The van der Waals surface area contributed by atoms with Crippen molar-refractivity contribution in [3.63, 3.8) is 0 Å². The van der Waals surface area contributed by atoms with Crippen LogP contribution in [0.4, 0.5) is 5.69 Å². The van der Waals surface area contributed by atoms with Crippen molar-refractivity contribution in [2.24, 2.45) is 0 Å². The molecular weight excluding hydrogens is 358 g/mol. The number of aliphatic hydroxyl groups excluding tert-OH is 1. The van der Waals surface area contributed by atoms with E-state index >= 15 is 0 Å². The molecule has 7 nitrogen and oxygen atoms in total. The lowest BCUT2D eigenvalue weighted by Crippen LogP contribution is -2.27. The van der Waals surface area contributed by atoms with Crippen molar-refractivity contribution >= 4 is 22.5 Å². The highest BCUT2D eigenvalue weighted by Crippen LogP contribution is 2.28. The average Bonchev–Trinajstić information content (AvgIpc) is 2.67. The summed E-state index contributed by atoms with van der Waals surface area (Å²) in [5.74, 6) is -0.116. The van der Waals surface area contributed by atoms with Crippen LogP contribution in [-0.2, 0) is 11.2 Å². The number of aromatic hydroxyl groups is 1. The van der Waals surface area contributed by atoms with Crippen LogP contribution in [0.2, 0.25) is 0 Å². The van der Waals surface area contributed by atoms with Gasteiger partial charge in [-0.15, -0.1) is 0 Å². The number of benzene rings is 2. The summed E-state index contributed by atoms with van der Waals surface area (Å²) in [6.45, 7) is 1.96. The van der Waals surface area contributed by atoms with Gasteiger partial charge in [-0.2, -0.15) is 0 Å². The van der Waals surface area contributed by atoms with Crippen molar-refractivity contribution in [3.05, 3.63) is 70.0 Å². The predicted octanol–water partition coefficient (Wildman–Crippen LogP) is 2.06. The number of aromatic nitrogens is 1. The zero-order valence-corrected chi connectivity index (χ0v) is 15.5. The molecular formula is C21H23N3O4. The Morgan fingerprint density at radius 3 is 2.54 bits per heavy atom. The van der Waals surface area contributed by atoms with Crippen molar-refractivity contribution in [3.8, 4) is 5.75 Å². The van der Waals surface area contributed by atoms with E-state index in [4.69, 9.17) is 0 Å². The van der Waals surface area contributed by atoms with Crippen LogP contribution in [0, 0.1) is 0 Å². The number of aliphatic hydroxyl groups is 1. The average molecular weight is 381 g/mol. The molecule has 5 N–H and O–H groups in total. The molecule has 1 atom stereocenters. The number of anilines is 1. The van der Waals surface area contributed by atoms with Gasteiger partial charge in [0, 0.05) is 24.1 Å². The van der Waals surface area contributed by atoms with E-state index in [2.05, 4.69) is 15.6 Å². The lowest BCUT2D eigenvalue weighted by molar-refractivity contribution is -0.114. The van der Waals surface area contributed by atoms with Crippen LogP contribution in [0.5, 0.6) is 5.75 Å². The molecule has 28 heavy (non-hydrogen) atoms. The maximum absolute atomic E-state index is 11.5. The molecule has 0 fully saturated rings. The van der Waals surface area contributed by atoms with Crippen molar-refractivity contribution < 1.29 is 15.0 Å². The molecule has 0 bridgehead atoms. The number of H-pyrrole nitrogens is 1. The molecule has 0 aliphatic carbocycles. The Hall–Kier alpha value is -3.16. The van der Waals surface area contributed by atoms with E-state index in [0.29, 0.717) is 17.4 Å². The molecule has 1 aromatic heterocycles. The maximum atomic E-state index is 11.5. The number of carbonyl (C=O) groups excluding carboxylic acids is 1. The standard InChI is InChI=1S/C21H23N3O4/c1-13(26)23-15-4-2-14(3-5-15)10-11-22-18(12-25)16-6-8-19(27)21-17(16)7-9-20(28)24-21/h2-9,18,22,25,27H,10-12H2,1H3,(H,23,26)(H,24,28). The topological polar surface area (TPSA) is 114 Å². The van der Waals surface area contributed by atoms with Gasteiger partial charge in [-0.25, -0.2) is 0 Å². The van der Waals surface area contributed by atoms with Crippen LogP contribution in [-0.4, -0.2) is 34.3 Å². The number of pyridine rings is 1. The maximum Gasteiger partial charge on any atom is 0.248 e. The van der Waals surface area contributed by atoms with Gasteiger partial charge in [0.25, 0.3) is 0 Å². The lowest BCUT2D eigenvalue weighted by Gasteiger charge is -2.19. The highest BCUT2D eigenvalue weighted by Gasteiger charge is 2.15. The smallest absolute Gasteiger partial charge is 0.248 e. The minimum Gasteiger partial charge on any atom is -0.506 e. The second-order valence-electron chi connectivity index (χ2n) is 6.60. The fraction of sp³-hybridized carbons (Fsp3) is 0.238. The number of amides is 1. The van der Waals surface area contributed by atoms with Crippen molar-refractivity contribution in [2.75, 3.05) is 18.5 Å². The Bertz CT molecular complexity index is 1030. The Labute approximate surface area is 162 Å². The Balaban J connectivity index is 1.70. The van der Waals surface area contributed by atoms with E-state index in [9.17, 15) is 19.8 Å². The van der Waals surface area contributed by atoms with Gasteiger partial charge in [-0.05, 0) is 48.4 Å². The van der Waals surface area contributed by atoms with Gasteiger partial charge in [0.2, 0.25) is 11.5 Å². The van der Waals surface area contributed by atoms with Crippen molar-refractivity contribution in [1.29, 1.82) is 0 Å². The fourth-order valence-electron chi connectivity index (χ4n) is 3.18. The van der Waals surface area contributed by atoms with Crippen LogP contribution in [0.25, 0.3) is 10.9 Å². The summed E-state index contributed by atoms with van der Waals surface area (Å²) in [5.41, 5.74) is 2.71. The SMILES string of the molecule is CC(=O)Nc1ccc(CCNC(CO)c2ccc(O)c3[nH]c(=O)ccc23)cc1. The van der Waals surface area contributed by atoms with Crippen LogP contribution >= 0.6 is 0 Å². The predicted molar refractivity (Wildman–Crippen MR) is 109 cm³/mol. The molecule has 146 valence electrons. The monoisotopic (exact) mass is 381 g/mol. The number of phenolic OH excluding ortho intramolecular Hbond substituents is 1. The third-order valence-electron chi connectivity index (χ3n) is 4.54. The van der Waals surface area contributed by atoms with E-state index < -0.39 is 0 Å². The third-order valence-corrected chi connectivity index (χ3v) is 4.54. The van der Waals surface area contributed by atoms with Crippen molar-refractivity contribution in [2.45, 2.75) is 19.4 Å². The van der Waals surface area contributed by atoms with Gasteiger partial charge in [0.15, 0.2) is 0 Å². The Morgan fingerprint density at radius 1 is 1.11 bits per heavy atom. The van der Waals surface area contributed by atoms with Crippen LogP contribution < -0.4 is 16.2 Å². The summed E-state index contributed by atoms with van der Waals surface area (Å²) in [7, 11) is 0. The first-order valence-corrected chi connectivity index (χ1v) is 9.03. The molecule has 0 saturated heterocycles. The number of fused-ring (bicyclic) bond motifs is 1. The first-order valence-electron chi connectivity index (χ1n) is 9.03. The summed E-state index contributed by atoms with van der Waals surface area (Å²) in [6.07, 6.45) is 0.740. The number of nitrogens with one attached hydrogen (secondary N) is 3. The summed E-state index contributed by atoms with van der Waals surface area (Å²) in [6, 6.07) is 13.6. The molecule has 3 aromatic rings. The van der Waals surface area contributed by atoms with Gasteiger partial charge in [-0.1, -0.05) is 18.2 Å². The molecule has 1 unspecified atom stereocenters. The molecule has 0 aliphatic heterocycles. The van der Waals surface area contributed by atoms with Crippen LogP contribution in [0.15, 0.2) is 53.3 Å². The van der Waals surface area contributed by atoms with E-state index in [1.54, 1.807) is 12.1 Å². The van der Waals surface area contributed by atoms with Crippen LogP contribution in [0.3, 0.4) is 0 Å². The first kappa shape index (κ1) is 19.6. The number of hydrogen-bond acceptors (Lipinski definition) is 5. The van der Waals surface area contributed by atoms with Crippen molar-refractivity contribution in [1.82, 2.24) is 10.3 Å². The molecule has 2 aromatic carbocycles. The summed E-state index contributed by atoms with van der Waals surface area (Å²) in [4.78, 5) is 25.2. The molecule has 0 aliphatic rings. The van der Waals surface area contributed by atoms with E-state index in [0.717, 1.165) is 23.2 Å². The van der Waals surface area contributed by atoms with Gasteiger partial charge >= 0.3 is 0 Å². The molecule has 1 amide bonds. The first-order chi connectivity index (χ1) is 13.5. The molecule has 3 rings (SSSR count). The Morgan fingerprint density at radius 2 is 1.86 bits per heavy atom. The molecule has 0 saturated carbocycles. The molecule has 1 heterocycles. The number of carbonyl (C=O) groups is 1. The molecule has 0 radical (unpaired) electrons.